The van der Waals surface area contributed by atoms with E-state index in [-0.39, 0.29) is 31.6 Å². The summed E-state index contributed by atoms with van der Waals surface area (Å²) in [7, 11) is 0. The molecular formula is C23H23FN4O5. The molecule has 33 heavy (non-hydrogen) atoms. The normalized spacial score (nSPS) is 20.8. The average Bonchev–Trinajstić information content (AvgIpc) is 3.45. The van der Waals surface area contributed by atoms with Crippen LogP contribution in [-0.4, -0.2) is 59.8 Å². The maximum Gasteiger partial charge on any atom is 0.414 e. The fourth-order valence-electron chi connectivity index (χ4n) is 3.61. The van der Waals surface area contributed by atoms with Gasteiger partial charge in [0.15, 0.2) is 6.10 Å². The molecule has 0 aromatic heterocycles. The van der Waals surface area contributed by atoms with E-state index >= 15 is 0 Å². The second-order valence-electron chi connectivity index (χ2n) is 7.59. The van der Waals surface area contributed by atoms with Gasteiger partial charge in [-0.3, -0.25) is 9.89 Å². The van der Waals surface area contributed by atoms with Gasteiger partial charge in [-0.05, 0) is 29.3 Å². The lowest BCUT2D eigenvalue weighted by atomic mass is 9.99. The summed E-state index contributed by atoms with van der Waals surface area (Å²) < 4.78 is 20.2. The van der Waals surface area contributed by atoms with E-state index in [2.05, 4.69) is 10.1 Å². The van der Waals surface area contributed by atoms with Gasteiger partial charge in [0.1, 0.15) is 17.8 Å². The van der Waals surface area contributed by atoms with Crippen LogP contribution in [0.15, 0.2) is 65.0 Å². The highest BCUT2D eigenvalue weighted by Gasteiger charge is 2.32. The van der Waals surface area contributed by atoms with Crippen LogP contribution in [0.1, 0.15) is 12.0 Å². The van der Waals surface area contributed by atoms with Crippen LogP contribution in [-0.2, 0) is 9.57 Å². The van der Waals surface area contributed by atoms with Gasteiger partial charge in [-0.1, -0.05) is 29.4 Å². The van der Waals surface area contributed by atoms with Crippen molar-refractivity contribution in [3.63, 3.8) is 0 Å². The maximum atomic E-state index is 14.9. The zero-order chi connectivity index (χ0) is 23.4. The minimum atomic E-state index is -0.594. The molecule has 2 unspecified atom stereocenters. The monoisotopic (exact) mass is 454 g/mol. The predicted octanol–water partition coefficient (Wildman–Crippen LogP) is 2.73. The molecule has 4 rings (SSSR count). The molecule has 0 spiro atoms. The van der Waals surface area contributed by atoms with Gasteiger partial charge in [-0.15, -0.1) is 0 Å². The van der Waals surface area contributed by atoms with Crippen molar-refractivity contribution < 1.29 is 29.0 Å². The third-order valence-corrected chi connectivity index (χ3v) is 5.33. The first kappa shape index (κ1) is 22.3. The Balaban J connectivity index is 1.45. The summed E-state index contributed by atoms with van der Waals surface area (Å²) in [4.78, 5) is 22.7. The highest BCUT2D eigenvalue weighted by molar-refractivity contribution is 6.01. The predicted molar refractivity (Wildman–Crippen MR) is 121 cm³/mol. The molecule has 2 aromatic rings. The van der Waals surface area contributed by atoms with Crippen molar-refractivity contribution in [1.29, 1.82) is 0 Å². The number of halogens is 1. The summed E-state index contributed by atoms with van der Waals surface area (Å²) in [6.07, 6.45) is 1.05. The molecule has 0 bridgehead atoms. The van der Waals surface area contributed by atoms with Gasteiger partial charge in [0.25, 0.3) is 0 Å². The first-order chi connectivity index (χ1) is 16.0. The number of aliphatic hydroxyl groups excluding tert-OH is 2. The van der Waals surface area contributed by atoms with Crippen molar-refractivity contribution in [3.8, 4) is 11.1 Å². The number of aliphatic imine (C=N–C) groups is 1. The van der Waals surface area contributed by atoms with Gasteiger partial charge in [0.2, 0.25) is 0 Å². The zero-order valence-corrected chi connectivity index (χ0v) is 17.6. The Kier molecular flexibility index (Phi) is 6.55. The van der Waals surface area contributed by atoms with Crippen LogP contribution in [0, 0.1) is 5.82 Å². The molecule has 2 aliphatic rings. The Bertz CT molecular complexity index is 1120. The van der Waals surface area contributed by atoms with Crippen LogP contribution < -0.4 is 10.6 Å². The molecule has 10 heteroatoms. The fourth-order valence-corrected chi connectivity index (χ4v) is 3.61. The number of cyclic esters (lactones) is 1. The molecule has 9 nitrogen and oxygen atoms in total. The smallest absolute Gasteiger partial charge is 0.414 e. The van der Waals surface area contributed by atoms with E-state index in [0.717, 1.165) is 17.5 Å². The minimum absolute atomic E-state index is 0.101. The van der Waals surface area contributed by atoms with E-state index in [4.69, 9.17) is 25.5 Å². The van der Waals surface area contributed by atoms with Crippen molar-refractivity contribution in [1.82, 2.24) is 0 Å². The number of carbonyl (C=O) groups excluding carboxylic acids is 1. The summed E-state index contributed by atoms with van der Waals surface area (Å²) in [5.74, 6) is -0.372. The fraction of sp³-hybridized carbons (Fsp3) is 0.261. The number of hydrogen-bond acceptors (Lipinski definition) is 7. The Hall–Kier alpha value is -3.92. The van der Waals surface area contributed by atoms with Crippen LogP contribution >= 0.6 is 0 Å². The Morgan fingerprint density at radius 1 is 1.24 bits per heavy atom. The van der Waals surface area contributed by atoms with Gasteiger partial charge < -0.3 is 25.5 Å². The molecule has 0 radical (unpaired) electrons. The lowest BCUT2D eigenvalue weighted by molar-refractivity contribution is 0.0390. The van der Waals surface area contributed by atoms with Crippen LogP contribution in [0.5, 0.6) is 0 Å². The van der Waals surface area contributed by atoms with E-state index in [0.29, 0.717) is 23.2 Å². The Morgan fingerprint density at radius 3 is 2.67 bits per heavy atom. The SMILES string of the molecule is NC(/C=C\O)=NCC1CN(c2ccc(-c3ccc(C4=NOC(CO)C4)cc3)c(F)c2)C(=O)O1. The largest absolute Gasteiger partial charge is 0.515 e. The summed E-state index contributed by atoms with van der Waals surface area (Å²) in [6, 6.07) is 11.8. The van der Waals surface area contributed by atoms with E-state index in [1.807, 2.05) is 12.1 Å². The van der Waals surface area contributed by atoms with Crippen LogP contribution in [0.25, 0.3) is 11.1 Å². The third-order valence-electron chi connectivity index (χ3n) is 5.33. The van der Waals surface area contributed by atoms with E-state index in [9.17, 15) is 9.18 Å². The van der Waals surface area contributed by atoms with Crippen molar-refractivity contribution in [2.45, 2.75) is 18.6 Å². The van der Waals surface area contributed by atoms with E-state index in [1.54, 1.807) is 24.3 Å². The number of nitrogens with two attached hydrogens (primary N) is 1. The van der Waals surface area contributed by atoms with Gasteiger partial charge in [0, 0.05) is 18.1 Å². The molecule has 1 fully saturated rings. The van der Waals surface area contributed by atoms with Crippen LogP contribution in [0.3, 0.4) is 0 Å². The summed E-state index contributed by atoms with van der Waals surface area (Å²) in [5, 5.41) is 21.8. The molecule has 1 saturated heterocycles. The number of benzene rings is 2. The van der Waals surface area contributed by atoms with Crippen molar-refractivity contribution in [3.05, 3.63) is 66.2 Å². The third kappa shape index (κ3) is 4.96. The number of hydrogen-bond donors (Lipinski definition) is 3. The number of aliphatic hydroxyl groups is 2. The molecule has 0 aliphatic carbocycles. The lowest BCUT2D eigenvalue weighted by Gasteiger charge is -2.14. The average molecular weight is 454 g/mol. The first-order valence-corrected chi connectivity index (χ1v) is 10.3. The summed E-state index contributed by atoms with van der Waals surface area (Å²) in [6.45, 7) is 0.224. The molecule has 2 atom stereocenters. The van der Waals surface area contributed by atoms with Crippen molar-refractivity contribution in [2.24, 2.45) is 15.9 Å². The first-order valence-electron chi connectivity index (χ1n) is 10.3. The second kappa shape index (κ2) is 9.70. The van der Waals surface area contributed by atoms with Gasteiger partial charge in [0.05, 0.1) is 37.4 Å². The number of amides is 1. The quantitative estimate of drug-likeness (QED) is 0.335. The second-order valence-corrected chi connectivity index (χ2v) is 7.59. The highest BCUT2D eigenvalue weighted by Crippen LogP contribution is 2.30. The molecule has 0 saturated carbocycles. The van der Waals surface area contributed by atoms with Crippen LogP contribution in [0.2, 0.25) is 0 Å². The topological polar surface area (TPSA) is 130 Å². The number of ether oxygens (including phenoxy) is 1. The minimum Gasteiger partial charge on any atom is -0.515 e. The molecule has 2 aromatic carbocycles. The summed E-state index contributed by atoms with van der Waals surface area (Å²) in [5.41, 5.74) is 8.58. The number of anilines is 1. The van der Waals surface area contributed by atoms with E-state index < -0.39 is 18.0 Å². The lowest BCUT2D eigenvalue weighted by Crippen LogP contribution is -2.25. The zero-order valence-electron chi connectivity index (χ0n) is 17.6. The highest BCUT2D eigenvalue weighted by atomic mass is 19.1. The Morgan fingerprint density at radius 2 is 2.00 bits per heavy atom. The van der Waals surface area contributed by atoms with Crippen molar-refractivity contribution in [2.75, 3.05) is 24.6 Å². The maximum absolute atomic E-state index is 14.9. The number of nitrogens with zero attached hydrogens (tertiary/aromatic N) is 3. The summed E-state index contributed by atoms with van der Waals surface area (Å²) >= 11 is 0. The number of rotatable bonds is 7. The molecule has 2 aliphatic heterocycles. The number of carbonyl (C=O) groups is 1. The van der Waals surface area contributed by atoms with Gasteiger partial charge in [-0.25, -0.2) is 9.18 Å². The molecule has 172 valence electrons. The number of amidine groups is 1. The van der Waals surface area contributed by atoms with Gasteiger partial charge in [-0.2, -0.15) is 0 Å². The van der Waals surface area contributed by atoms with Crippen LogP contribution in [0.4, 0.5) is 14.9 Å². The molecule has 1 amide bonds. The van der Waals surface area contributed by atoms with Crippen molar-refractivity contribution >= 4 is 23.3 Å². The Labute approximate surface area is 189 Å². The number of oxime groups is 1. The van der Waals surface area contributed by atoms with E-state index in [1.165, 1.54) is 17.0 Å². The standard InChI is InChI=1S/C23H23FN4O5/c24-20-9-16(28-12-18(32-23(28)31)11-26-22(25)7-8-29)5-6-19(20)14-1-3-15(4-2-14)21-10-17(13-30)33-27-21/h1-9,17-18,29-30H,10-13H2,(H2,25,26)/b8-7-. The molecule has 4 N–H and O–H groups in total. The molecular weight excluding hydrogens is 431 g/mol. The molecule has 2 heterocycles. The van der Waals surface area contributed by atoms with Gasteiger partial charge >= 0.3 is 6.09 Å².